The van der Waals surface area contributed by atoms with Crippen LogP contribution in [0.3, 0.4) is 0 Å². The summed E-state index contributed by atoms with van der Waals surface area (Å²) in [6.45, 7) is 2.24. The highest BCUT2D eigenvalue weighted by molar-refractivity contribution is 5.93. The minimum Gasteiger partial charge on any atom is -0.461 e. The summed E-state index contributed by atoms with van der Waals surface area (Å²) < 4.78 is 10.7. The molecule has 0 radical (unpaired) electrons. The summed E-state index contributed by atoms with van der Waals surface area (Å²) in [6.07, 6.45) is 10.2. The number of rotatable bonds is 8. The van der Waals surface area contributed by atoms with Crippen molar-refractivity contribution in [3.8, 4) is 11.6 Å². The highest BCUT2D eigenvalue weighted by atomic mass is 16.5. The Hall–Kier alpha value is -2.89. The van der Waals surface area contributed by atoms with E-state index < -0.39 is 0 Å². The van der Waals surface area contributed by atoms with Gasteiger partial charge in [-0.15, -0.1) is 0 Å². The molecule has 6 nitrogen and oxygen atoms in total. The molecule has 1 saturated carbocycles. The first-order valence-corrected chi connectivity index (χ1v) is 11.0. The van der Waals surface area contributed by atoms with Gasteiger partial charge in [-0.05, 0) is 55.4 Å². The van der Waals surface area contributed by atoms with E-state index in [1.54, 1.807) is 18.4 Å². The van der Waals surface area contributed by atoms with Gasteiger partial charge < -0.3 is 14.3 Å². The van der Waals surface area contributed by atoms with E-state index in [1.165, 1.54) is 19.3 Å². The number of aromatic nitrogens is 2. The van der Waals surface area contributed by atoms with Gasteiger partial charge in [0.1, 0.15) is 0 Å². The van der Waals surface area contributed by atoms with Crippen LogP contribution < -0.4 is 5.32 Å². The van der Waals surface area contributed by atoms with Crippen LogP contribution >= 0.6 is 0 Å². The van der Waals surface area contributed by atoms with Gasteiger partial charge in [-0.1, -0.05) is 49.5 Å². The second kappa shape index (κ2) is 9.74. The molecule has 0 aliphatic heterocycles. The Morgan fingerprint density at radius 2 is 1.97 bits per heavy atom. The van der Waals surface area contributed by atoms with Crippen molar-refractivity contribution in [2.24, 2.45) is 11.8 Å². The van der Waals surface area contributed by atoms with Crippen molar-refractivity contribution >= 4 is 11.6 Å². The molecular weight excluding hydrogens is 378 g/mol. The predicted molar refractivity (Wildman–Crippen MR) is 115 cm³/mol. The smallest absolute Gasteiger partial charge is 0.238 e. The second-order valence-electron chi connectivity index (χ2n) is 8.17. The number of carbonyl (C=O) groups excluding carboxylic acids is 1. The number of anilines is 1. The van der Waals surface area contributed by atoms with Crippen molar-refractivity contribution in [3.05, 3.63) is 54.1 Å². The minimum absolute atomic E-state index is 0.102. The van der Waals surface area contributed by atoms with Crippen LogP contribution in [0.2, 0.25) is 0 Å². The first kappa shape index (κ1) is 20.4. The van der Waals surface area contributed by atoms with Crippen LogP contribution in [0, 0.1) is 11.8 Å². The summed E-state index contributed by atoms with van der Waals surface area (Å²) in [6, 6.07) is 11.4. The first-order chi connectivity index (χ1) is 14.7. The van der Waals surface area contributed by atoms with E-state index in [0.29, 0.717) is 23.9 Å². The molecule has 2 heterocycles. The molecule has 0 spiro atoms. The Morgan fingerprint density at radius 1 is 1.13 bits per heavy atom. The van der Waals surface area contributed by atoms with Crippen molar-refractivity contribution < 1.29 is 13.7 Å². The van der Waals surface area contributed by atoms with Gasteiger partial charge >= 0.3 is 0 Å². The number of carbonyl (C=O) groups is 1. The molecule has 0 unspecified atom stereocenters. The van der Waals surface area contributed by atoms with Crippen LogP contribution in [0.25, 0.3) is 11.6 Å². The van der Waals surface area contributed by atoms with Crippen molar-refractivity contribution in [1.82, 2.24) is 10.1 Å². The summed E-state index contributed by atoms with van der Waals surface area (Å²) in [4.78, 5) is 17.3. The molecule has 1 amide bonds. The molecule has 30 heavy (non-hydrogen) atoms. The lowest BCUT2D eigenvalue weighted by molar-refractivity contribution is -0.121. The van der Waals surface area contributed by atoms with E-state index in [-0.39, 0.29) is 11.8 Å². The first-order valence-electron chi connectivity index (χ1n) is 11.0. The number of benzene rings is 1. The Morgan fingerprint density at radius 3 is 2.73 bits per heavy atom. The van der Waals surface area contributed by atoms with Crippen molar-refractivity contribution in [2.45, 2.75) is 58.3 Å². The van der Waals surface area contributed by atoms with E-state index in [0.717, 1.165) is 42.9 Å². The number of hydrogen-bond acceptors (Lipinski definition) is 5. The van der Waals surface area contributed by atoms with Gasteiger partial charge in [-0.25, -0.2) is 0 Å². The lowest BCUT2D eigenvalue weighted by Crippen LogP contribution is -2.27. The molecule has 4 rings (SSSR count). The van der Waals surface area contributed by atoms with Gasteiger partial charge in [0.15, 0.2) is 5.76 Å². The molecule has 0 saturated heterocycles. The molecular formula is C24H29N3O3. The minimum atomic E-state index is 0.102. The average molecular weight is 408 g/mol. The average Bonchev–Trinajstić information content (AvgIpc) is 3.46. The maximum atomic E-state index is 12.9. The quantitative estimate of drug-likeness (QED) is 0.506. The topological polar surface area (TPSA) is 81.2 Å². The van der Waals surface area contributed by atoms with Crippen LogP contribution in [-0.2, 0) is 11.2 Å². The van der Waals surface area contributed by atoms with Crippen LogP contribution in [0.15, 0.2) is 51.6 Å². The molecule has 1 aliphatic rings. The number of nitrogens with one attached hydrogen (secondary N) is 1. The number of unbranched alkanes of at least 4 members (excludes halogenated alkanes) is 1. The number of amides is 1. The number of furan rings is 1. The third kappa shape index (κ3) is 4.99. The van der Waals surface area contributed by atoms with Crippen LogP contribution in [0.4, 0.5) is 5.69 Å². The second-order valence-corrected chi connectivity index (χ2v) is 8.17. The summed E-state index contributed by atoms with van der Waals surface area (Å²) in [7, 11) is 0. The number of para-hydroxylation sites is 1. The SMILES string of the molecule is CCCCC1CCC(C(=O)Nc2ccccc2Cc2nc(-c3ccco3)no2)CC1. The van der Waals surface area contributed by atoms with E-state index in [1.807, 2.05) is 24.3 Å². The van der Waals surface area contributed by atoms with Gasteiger partial charge in [0, 0.05) is 11.6 Å². The van der Waals surface area contributed by atoms with Crippen LogP contribution in [0.1, 0.15) is 63.3 Å². The fraction of sp³-hybridized carbons (Fsp3) is 0.458. The Labute approximate surface area is 177 Å². The van der Waals surface area contributed by atoms with Crippen molar-refractivity contribution in [3.63, 3.8) is 0 Å². The fourth-order valence-corrected chi connectivity index (χ4v) is 4.23. The van der Waals surface area contributed by atoms with Gasteiger partial charge in [0.2, 0.25) is 17.6 Å². The highest BCUT2D eigenvalue weighted by Gasteiger charge is 2.26. The van der Waals surface area contributed by atoms with Gasteiger partial charge in [0.25, 0.3) is 0 Å². The molecule has 2 aromatic heterocycles. The molecule has 0 bridgehead atoms. The van der Waals surface area contributed by atoms with Gasteiger partial charge in [0.05, 0.1) is 12.7 Å². The van der Waals surface area contributed by atoms with Crippen LogP contribution in [0.5, 0.6) is 0 Å². The molecule has 0 atom stereocenters. The lowest BCUT2D eigenvalue weighted by Gasteiger charge is -2.28. The van der Waals surface area contributed by atoms with Crippen LogP contribution in [-0.4, -0.2) is 16.0 Å². The summed E-state index contributed by atoms with van der Waals surface area (Å²) >= 11 is 0. The molecule has 1 aliphatic carbocycles. The summed E-state index contributed by atoms with van der Waals surface area (Å²) in [5.41, 5.74) is 1.77. The molecule has 6 heteroatoms. The molecule has 1 N–H and O–H groups in total. The highest BCUT2D eigenvalue weighted by Crippen LogP contribution is 2.33. The zero-order valence-electron chi connectivity index (χ0n) is 17.5. The fourth-order valence-electron chi connectivity index (χ4n) is 4.23. The normalized spacial score (nSPS) is 19.0. The van der Waals surface area contributed by atoms with Crippen molar-refractivity contribution in [2.75, 3.05) is 5.32 Å². The number of nitrogens with zero attached hydrogens (tertiary/aromatic N) is 2. The summed E-state index contributed by atoms with van der Waals surface area (Å²) in [5, 5.41) is 7.13. The lowest BCUT2D eigenvalue weighted by atomic mass is 9.79. The predicted octanol–water partition coefficient (Wildman–Crippen LogP) is 5.86. The standard InChI is InChI=1S/C24H29N3O3/c1-2-3-7-17-11-13-18(14-12-17)24(28)25-20-9-5-4-8-19(20)16-22-26-23(27-30-22)21-10-6-15-29-21/h4-6,8-10,15,17-18H,2-3,7,11-14,16H2,1H3,(H,25,28). The van der Waals surface area contributed by atoms with E-state index >= 15 is 0 Å². The van der Waals surface area contributed by atoms with E-state index in [2.05, 4.69) is 22.4 Å². The Balaban J connectivity index is 1.37. The Bertz CT molecular complexity index is 940. The largest absolute Gasteiger partial charge is 0.461 e. The monoisotopic (exact) mass is 407 g/mol. The third-order valence-electron chi connectivity index (χ3n) is 6.01. The molecule has 1 aromatic carbocycles. The van der Waals surface area contributed by atoms with E-state index in [9.17, 15) is 4.79 Å². The van der Waals surface area contributed by atoms with Crippen molar-refractivity contribution in [1.29, 1.82) is 0 Å². The van der Waals surface area contributed by atoms with Gasteiger partial charge in [-0.3, -0.25) is 4.79 Å². The van der Waals surface area contributed by atoms with Gasteiger partial charge in [-0.2, -0.15) is 4.98 Å². The molecule has 3 aromatic rings. The maximum absolute atomic E-state index is 12.9. The Kier molecular flexibility index (Phi) is 6.62. The maximum Gasteiger partial charge on any atom is 0.238 e. The molecule has 158 valence electrons. The zero-order chi connectivity index (χ0) is 20.8. The van der Waals surface area contributed by atoms with E-state index in [4.69, 9.17) is 8.94 Å². The zero-order valence-corrected chi connectivity index (χ0v) is 17.5. The number of hydrogen-bond donors (Lipinski definition) is 1. The third-order valence-corrected chi connectivity index (χ3v) is 6.01. The summed E-state index contributed by atoms with van der Waals surface area (Å²) in [5.74, 6) is 2.50. The molecule has 1 fully saturated rings.